The molecule has 3 amide bonds. The van der Waals surface area contributed by atoms with Crippen LogP contribution in [0.15, 0.2) is 91.1 Å². The zero-order valence-corrected chi connectivity index (χ0v) is 18.5. The first-order valence-corrected chi connectivity index (χ1v) is 11.1. The standard InChI is InChI=1S/C27H28N4O2/c1-19(26(32)31-27(33)30-16-20-10-4-2-5-11-20)28-17-23(21-12-6-3-7-13-21)24-18-29-25-15-9-8-14-22(24)25/h2-15,18-19,23,28-29H,16-17H2,1H3,(H2,30,31,32,33)/t19-,23+/m0/s1. The fraction of sp³-hybridized carbons (Fsp3) is 0.185. The second-order valence-corrected chi connectivity index (χ2v) is 8.04. The molecule has 1 aromatic heterocycles. The monoisotopic (exact) mass is 440 g/mol. The Morgan fingerprint density at radius 1 is 0.879 bits per heavy atom. The van der Waals surface area contributed by atoms with Gasteiger partial charge in [0.15, 0.2) is 0 Å². The van der Waals surface area contributed by atoms with Crippen LogP contribution in [-0.4, -0.2) is 29.5 Å². The quantitative estimate of drug-likeness (QED) is 0.329. The van der Waals surface area contributed by atoms with E-state index in [0.717, 1.165) is 27.6 Å². The van der Waals surface area contributed by atoms with Crippen molar-refractivity contribution in [2.75, 3.05) is 6.54 Å². The molecule has 3 aromatic carbocycles. The summed E-state index contributed by atoms with van der Waals surface area (Å²) >= 11 is 0. The van der Waals surface area contributed by atoms with Crippen LogP contribution in [0.2, 0.25) is 0 Å². The Bertz CT molecular complexity index is 1200. The van der Waals surface area contributed by atoms with E-state index in [0.29, 0.717) is 13.1 Å². The van der Waals surface area contributed by atoms with Crippen LogP contribution in [0.1, 0.15) is 29.5 Å². The predicted octanol–water partition coefficient (Wildman–Crippen LogP) is 4.30. The van der Waals surface area contributed by atoms with Gasteiger partial charge in [-0.05, 0) is 29.7 Å². The summed E-state index contributed by atoms with van der Waals surface area (Å²) in [6.07, 6.45) is 2.03. The molecule has 0 bridgehead atoms. The van der Waals surface area contributed by atoms with Crippen LogP contribution >= 0.6 is 0 Å². The Balaban J connectivity index is 1.39. The molecular weight excluding hydrogens is 412 g/mol. The number of para-hydroxylation sites is 1. The van der Waals surface area contributed by atoms with Gasteiger partial charge in [0.25, 0.3) is 0 Å². The van der Waals surface area contributed by atoms with Crippen LogP contribution < -0.4 is 16.0 Å². The smallest absolute Gasteiger partial charge is 0.321 e. The third-order valence-corrected chi connectivity index (χ3v) is 5.75. The van der Waals surface area contributed by atoms with Gasteiger partial charge >= 0.3 is 6.03 Å². The van der Waals surface area contributed by atoms with E-state index in [2.05, 4.69) is 45.2 Å². The summed E-state index contributed by atoms with van der Waals surface area (Å²) in [6, 6.07) is 26.9. The van der Waals surface area contributed by atoms with Crippen LogP contribution in [0.5, 0.6) is 0 Å². The minimum Gasteiger partial charge on any atom is -0.361 e. The van der Waals surface area contributed by atoms with E-state index in [-0.39, 0.29) is 11.8 Å². The highest BCUT2D eigenvalue weighted by atomic mass is 16.2. The van der Waals surface area contributed by atoms with Crippen molar-refractivity contribution in [3.8, 4) is 0 Å². The van der Waals surface area contributed by atoms with E-state index in [9.17, 15) is 9.59 Å². The van der Waals surface area contributed by atoms with Gasteiger partial charge in [-0.15, -0.1) is 0 Å². The Labute approximate surface area is 193 Å². The van der Waals surface area contributed by atoms with Crippen molar-refractivity contribution in [1.29, 1.82) is 0 Å². The molecule has 6 heteroatoms. The third-order valence-electron chi connectivity index (χ3n) is 5.75. The molecule has 1 heterocycles. The summed E-state index contributed by atoms with van der Waals surface area (Å²) in [5.74, 6) is -0.323. The van der Waals surface area contributed by atoms with Crippen molar-refractivity contribution < 1.29 is 9.59 Å². The number of urea groups is 1. The highest BCUT2D eigenvalue weighted by Crippen LogP contribution is 2.30. The Kier molecular flexibility index (Phi) is 7.17. The number of carbonyl (C=O) groups is 2. The Morgan fingerprint density at radius 2 is 1.55 bits per heavy atom. The molecule has 4 rings (SSSR count). The number of nitrogens with one attached hydrogen (secondary N) is 4. The number of aromatic nitrogens is 1. The van der Waals surface area contributed by atoms with E-state index in [1.54, 1.807) is 6.92 Å². The topological polar surface area (TPSA) is 86.0 Å². The molecule has 33 heavy (non-hydrogen) atoms. The van der Waals surface area contributed by atoms with Gasteiger partial charge < -0.3 is 15.6 Å². The van der Waals surface area contributed by atoms with Crippen LogP contribution in [0, 0.1) is 0 Å². The molecule has 2 atom stereocenters. The van der Waals surface area contributed by atoms with Crippen LogP contribution in [0.25, 0.3) is 10.9 Å². The predicted molar refractivity (Wildman–Crippen MR) is 131 cm³/mol. The van der Waals surface area contributed by atoms with Crippen molar-refractivity contribution in [3.63, 3.8) is 0 Å². The minimum atomic E-state index is -0.538. The molecule has 6 nitrogen and oxygen atoms in total. The highest BCUT2D eigenvalue weighted by Gasteiger charge is 2.21. The zero-order valence-electron chi connectivity index (χ0n) is 18.5. The average molecular weight is 441 g/mol. The highest BCUT2D eigenvalue weighted by molar-refractivity contribution is 5.96. The molecule has 0 fully saturated rings. The number of hydrogen-bond acceptors (Lipinski definition) is 3. The molecule has 0 unspecified atom stereocenters. The zero-order chi connectivity index (χ0) is 23.0. The van der Waals surface area contributed by atoms with E-state index < -0.39 is 12.1 Å². The van der Waals surface area contributed by atoms with E-state index in [1.807, 2.05) is 66.9 Å². The number of hydrogen-bond donors (Lipinski definition) is 4. The van der Waals surface area contributed by atoms with Crippen LogP contribution in [0.4, 0.5) is 4.79 Å². The molecule has 4 N–H and O–H groups in total. The van der Waals surface area contributed by atoms with Gasteiger partial charge in [-0.1, -0.05) is 78.9 Å². The number of rotatable bonds is 8. The molecule has 0 aliphatic carbocycles. The molecule has 0 saturated carbocycles. The normalized spacial score (nSPS) is 12.8. The number of fused-ring (bicyclic) bond motifs is 1. The minimum absolute atomic E-state index is 0.0458. The first-order chi connectivity index (χ1) is 16.1. The number of amides is 3. The van der Waals surface area contributed by atoms with Crippen molar-refractivity contribution >= 4 is 22.8 Å². The van der Waals surface area contributed by atoms with Crippen molar-refractivity contribution in [2.45, 2.75) is 25.4 Å². The van der Waals surface area contributed by atoms with E-state index in [4.69, 9.17) is 0 Å². The Hall–Kier alpha value is -3.90. The molecule has 4 aromatic rings. The SMILES string of the molecule is C[C@H](NC[C@H](c1ccccc1)c1c[nH]c2ccccc12)C(=O)NC(=O)NCc1ccccc1. The second-order valence-electron chi connectivity index (χ2n) is 8.04. The third kappa shape index (κ3) is 5.67. The summed E-state index contributed by atoms with van der Waals surface area (Å²) in [6.45, 7) is 2.67. The second kappa shape index (κ2) is 10.6. The fourth-order valence-electron chi connectivity index (χ4n) is 3.90. The van der Waals surface area contributed by atoms with Gasteiger partial charge in [0, 0.05) is 36.1 Å². The van der Waals surface area contributed by atoms with Gasteiger partial charge in [0.1, 0.15) is 0 Å². The maximum atomic E-state index is 12.6. The lowest BCUT2D eigenvalue weighted by Gasteiger charge is -2.21. The first-order valence-electron chi connectivity index (χ1n) is 11.1. The molecule has 0 aliphatic heterocycles. The first kappa shape index (κ1) is 22.3. The summed E-state index contributed by atoms with van der Waals surface area (Å²) in [5, 5.41) is 9.60. The molecule has 0 aliphatic rings. The Morgan fingerprint density at radius 3 is 2.30 bits per heavy atom. The molecular formula is C27H28N4O2. The lowest BCUT2D eigenvalue weighted by molar-refractivity contribution is -0.121. The molecule has 168 valence electrons. The number of imide groups is 1. The van der Waals surface area contributed by atoms with Gasteiger partial charge in [0.2, 0.25) is 5.91 Å². The number of carbonyl (C=O) groups excluding carboxylic acids is 2. The van der Waals surface area contributed by atoms with Crippen LogP contribution in [0.3, 0.4) is 0 Å². The van der Waals surface area contributed by atoms with Crippen LogP contribution in [-0.2, 0) is 11.3 Å². The maximum Gasteiger partial charge on any atom is 0.321 e. The molecule has 0 spiro atoms. The largest absolute Gasteiger partial charge is 0.361 e. The summed E-state index contributed by atoms with van der Waals surface area (Å²) in [4.78, 5) is 28.1. The average Bonchev–Trinajstić information content (AvgIpc) is 3.28. The summed E-state index contributed by atoms with van der Waals surface area (Å²) in [5.41, 5.74) is 4.37. The fourth-order valence-corrected chi connectivity index (χ4v) is 3.90. The van der Waals surface area contributed by atoms with Gasteiger partial charge in [-0.2, -0.15) is 0 Å². The number of benzene rings is 3. The van der Waals surface area contributed by atoms with E-state index >= 15 is 0 Å². The number of aromatic amines is 1. The van der Waals surface area contributed by atoms with Crippen molar-refractivity contribution in [1.82, 2.24) is 20.9 Å². The molecule has 0 saturated heterocycles. The molecule has 0 radical (unpaired) electrons. The van der Waals surface area contributed by atoms with Crippen molar-refractivity contribution in [3.05, 3.63) is 108 Å². The van der Waals surface area contributed by atoms with Crippen molar-refractivity contribution in [2.24, 2.45) is 0 Å². The van der Waals surface area contributed by atoms with Gasteiger partial charge in [-0.3, -0.25) is 10.1 Å². The maximum absolute atomic E-state index is 12.6. The summed E-state index contributed by atoms with van der Waals surface area (Å²) < 4.78 is 0. The van der Waals surface area contributed by atoms with Gasteiger partial charge in [-0.25, -0.2) is 4.79 Å². The lowest BCUT2D eigenvalue weighted by atomic mass is 9.90. The lowest BCUT2D eigenvalue weighted by Crippen LogP contribution is -2.48. The number of H-pyrrole nitrogens is 1. The van der Waals surface area contributed by atoms with E-state index in [1.165, 1.54) is 0 Å². The summed E-state index contributed by atoms with van der Waals surface area (Å²) in [7, 11) is 0. The van der Waals surface area contributed by atoms with Gasteiger partial charge in [0.05, 0.1) is 6.04 Å².